The quantitative estimate of drug-likeness (QED) is 0.490. The van der Waals surface area contributed by atoms with E-state index in [0.717, 1.165) is 0 Å². The highest BCUT2D eigenvalue weighted by Crippen LogP contribution is 2.27. The topological polar surface area (TPSA) is 105 Å². The number of nitro benzene ring substituents is 1. The van der Waals surface area contributed by atoms with Gasteiger partial charge in [-0.1, -0.05) is 6.07 Å². The highest BCUT2D eigenvalue weighted by molar-refractivity contribution is 5.48. The minimum absolute atomic E-state index is 0.114. The molecule has 106 valence electrons. The molecule has 1 rings (SSSR count). The zero-order chi connectivity index (χ0) is 14.5. The SMILES string of the molecule is COc1ccc(CNC(C)(CO)CO)cc1[N+](=O)[O-]. The van der Waals surface area contributed by atoms with E-state index < -0.39 is 10.5 Å². The number of nitrogens with one attached hydrogen (secondary N) is 1. The molecule has 0 spiro atoms. The zero-order valence-corrected chi connectivity index (χ0v) is 10.9. The number of nitrogens with zero attached hydrogens (tertiary/aromatic N) is 1. The fourth-order valence-corrected chi connectivity index (χ4v) is 1.47. The monoisotopic (exact) mass is 270 g/mol. The largest absolute Gasteiger partial charge is 0.490 e. The molecule has 0 saturated carbocycles. The Labute approximate surface area is 111 Å². The van der Waals surface area contributed by atoms with Crippen molar-refractivity contribution in [3.05, 3.63) is 33.9 Å². The van der Waals surface area contributed by atoms with E-state index in [4.69, 9.17) is 14.9 Å². The van der Waals surface area contributed by atoms with Gasteiger partial charge >= 0.3 is 5.69 Å². The first-order valence-electron chi connectivity index (χ1n) is 5.74. The zero-order valence-electron chi connectivity index (χ0n) is 10.9. The van der Waals surface area contributed by atoms with Crippen LogP contribution in [0.5, 0.6) is 5.75 Å². The Kier molecular flexibility index (Phi) is 5.22. The third-order valence-electron chi connectivity index (χ3n) is 2.86. The molecular formula is C12H18N2O5. The average Bonchev–Trinajstić information content (AvgIpc) is 2.44. The molecule has 0 heterocycles. The fourth-order valence-electron chi connectivity index (χ4n) is 1.47. The van der Waals surface area contributed by atoms with E-state index in [1.807, 2.05) is 0 Å². The maximum absolute atomic E-state index is 10.9. The van der Waals surface area contributed by atoms with E-state index in [1.165, 1.54) is 19.2 Å². The summed E-state index contributed by atoms with van der Waals surface area (Å²) in [5, 5.41) is 32.1. The lowest BCUT2D eigenvalue weighted by Gasteiger charge is -2.26. The first kappa shape index (κ1) is 15.4. The van der Waals surface area contributed by atoms with E-state index >= 15 is 0 Å². The molecule has 0 atom stereocenters. The number of ether oxygens (including phenoxy) is 1. The molecule has 1 aromatic rings. The number of hydrogen-bond donors (Lipinski definition) is 3. The molecule has 0 fully saturated rings. The predicted octanol–water partition coefficient (Wildman–Crippen LogP) is 0.436. The lowest BCUT2D eigenvalue weighted by atomic mass is 10.0. The molecule has 19 heavy (non-hydrogen) atoms. The summed E-state index contributed by atoms with van der Waals surface area (Å²) >= 11 is 0. The minimum atomic E-state index is -0.825. The van der Waals surface area contributed by atoms with Gasteiger partial charge < -0.3 is 20.3 Å². The standard InChI is InChI=1S/C12H18N2O5/c1-12(7-15,8-16)13-6-9-3-4-11(19-2)10(5-9)14(17)18/h3-5,13,15-16H,6-8H2,1-2H3. The number of nitro groups is 1. The predicted molar refractivity (Wildman–Crippen MR) is 69.1 cm³/mol. The highest BCUT2D eigenvalue weighted by Gasteiger charge is 2.22. The van der Waals surface area contributed by atoms with Gasteiger partial charge in [-0.05, 0) is 18.6 Å². The summed E-state index contributed by atoms with van der Waals surface area (Å²) in [6, 6.07) is 4.61. The molecule has 0 aromatic heterocycles. The minimum Gasteiger partial charge on any atom is -0.490 e. The maximum atomic E-state index is 10.9. The van der Waals surface area contributed by atoms with Crippen LogP contribution in [0, 0.1) is 10.1 Å². The molecule has 0 unspecified atom stereocenters. The molecule has 0 aliphatic heterocycles. The Morgan fingerprint density at radius 2 is 2.05 bits per heavy atom. The van der Waals surface area contributed by atoms with Crippen molar-refractivity contribution in [3.8, 4) is 5.75 Å². The van der Waals surface area contributed by atoms with E-state index in [2.05, 4.69) is 5.32 Å². The van der Waals surface area contributed by atoms with Crippen molar-refractivity contribution in [3.63, 3.8) is 0 Å². The van der Waals surface area contributed by atoms with Gasteiger partial charge in [-0.2, -0.15) is 0 Å². The molecule has 1 aromatic carbocycles. The van der Waals surface area contributed by atoms with Crippen LogP contribution in [0.25, 0.3) is 0 Å². The number of aliphatic hydroxyl groups is 2. The van der Waals surface area contributed by atoms with Crippen molar-refractivity contribution in [2.45, 2.75) is 19.0 Å². The lowest BCUT2D eigenvalue weighted by molar-refractivity contribution is -0.385. The van der Waals surface area contributed by atoms with E-state index in [-0.39, 0.29) is 24.7 Å². The Hall–Kier alpha value is -1.70. The molecule has 0 saturated heterocycles. The van der Waals surface area contributed by atoms with Crippen LogP contribution < -0.4 is 10.1 Å². The van der Waals surface area contributed by atoms with Gasteiger partial charge in [0.25, 0.3) is 0 Å². The Bertz CT molecular complexity index is 446. The first-order chi connectivity index (χ1) is 8.95. The van der Waals surface area contributed by atoms with Crippen LogP contribution in [0.4, 0.5) is 5.69 Å². The van der Waals surface area contributed by atoms with Crippen molar-refractivity contribution < 1.29 is 19.9 Å². The summed E-state index contributed by atoms with van der Waals surface area (Å²) < 4.78 is 4.91. The van der Waals surface area contributed by atoms with Gasteiger partial charge in [-0.15, -0.1) is 0 Å². The number of aliphatic hydroxyl groups excluding tert-OH is 2. The summed E-state index contributed by atoms with van der Waals surface area (Å²) in [6.07, 6.45) is 0. The summed E-state index contributed by atoms with van der Waals surface area (Å²) in [6.45, 7) is 1.48. The van der Waals surface area contributed by atoms with Crippen LogP contribution >= 0.6 is 0 Å². The summed E-state index contributed by atoms with van der Waals surface area (Å²) in [5.41, 5.74) is -0.272. The first-order valence-corrected chi connectivity index (χ1v) is 5.74. The van der Waals surface area contributed by atoms with Gasteiger partial charge in [0.05, 0.1) is 30.8 Å². The Morgan fingerprint density at radius 1 is 1.42 bits per heavy atom. The lowest BCUT2D eigenvalue weighted by Crippen LogP contribution is -2.48. The summed E-state index contributed by atoms with van der Waals surface area (Å²) in [5.74, 6) is 0.195. The second kappa shape index (κ2) is 6.46. The Balaban J connectivity index is 2.86. The van der Waals surface area contributed by atoms with Crippen LogP contribution in [-0.2, 0) is 6.54 Å². The molecule has 0 aliphatic carbocycles. The van der Waals surface area contributed by atoms with Gasteiger partial charge in [0.15, 0.2) is 5.75 Å². The third-order valence-corrected chi connectivity index (χ3v) is 2.86. The smallest absolute Gasteiger partial charge is 0.311 e. The van der Waals surface area contributed by atoms with Gasteiger partial charge in [-0.3, -0.25) is 10.1 Å². The molecule has 7 nitrogen and oxygen atoms in total. The van der Waals surface area contributed by atoms with Gasteiger partial charge in [0.2, 0.25) is 0 Å². The molecule has 0 aliphatic rings. The number of rotatable bonds is 7. The number of methoxy groups -OCH3 is 1. The molecule has 7 heteroatoms. The van der Waals surface area contributed by atoms with Crippen molar-refractivity contribution in [2.24, 2.45) is 0 Å². The summed E-state index contributed by atoms with van der Waals surface area (Å²) in [4.78, 5) is 10.4. The summed E-state index contributed by atoms with van der Waals surface area (Å²) in [7, 11) is 1.37. The van der Waals surface area contributed by atoms with Crippen molar-refractivity contribution >= 4 is 5.69 Å². The average molecular weight is 270 g/mol. The van der Waals surface area contributed by atoms with E-state index in [0.29, 0.717) is 12.1 Å². The molecule has 0 amide bonds. The second-order valence-electron chi connectivity index (χ2n) is 4.49. The van der Waals surface area contributed by atoms with E-state index in [1.54, 1.807) is 13.0 Å². The van der Waals surface area contributed by atoms with Crippen LogP contribution in [0.2, 0.25) is 0 Å². The molecule has 3 N–H and O–H groups in total. The second-order valence-corrected chi connectivity index (χ2v) is 4.49. The van der Waals surface area contributed by atoms with Crippen molar-refractivity contribution in [1.29, 1.82) is 0 Å². The number of hydrogen-bond acceptors (Lipinski definition) is 6. The third kappa shape index (κ3) is 3.88. The van der Waals surface area contributed by atoms with Gasteiger partial charge in [0.1, 0.15) is 0 Å². The van der Waals surface area contributed by atoms with Crippen molar-refractivity contribution in [1.82, 2.24) is 5.32 Å². The normalized spacial score (nSPS) is 11.4. The Morgan fingerprint density at radius 3 is 2.53 bits per heavy atom. The molecule has 0 radical (unpaired) electrons. The van der Waals surface area contributed by atoms with Crippen LogP contribution in [0.15, 0.2) is 18.2 Å². The number of benzene rings is 1. The molecule has 0 bridgehead atoms. The van der Waals surface area contributed by atoms with Crippen molar-refractivity contribution in [2.75, 3.05) is 20.3 Å². The molecular weight excluding hydrogens is 252 g/mol. The van der Waals surface area contributed by atoms with Crippen LogP contribution in [-0.4, -0.2) is 41.0 Å². The van der Waals surface area contributed by atoms with Crippen LogP contribution in [0.1, 0.15) is 12.5 Å². The highest BCUT2D eigenvalue weighted by atomic mass is 16.6. The maximum Gasteiger partial charge on any atom is 0.311 e. The van der Waals surface area contributed by atoms with E-state index in [9.17, 15) is 10.1 Å². The van der Waals surface area contributed by atoms with Gasteiger partial charge in [0, 0.05) is 12.6 Å². The van der Waals surface area contributed by atoms with Gasteiger partial charge in [-0.25, -0.2) is 0 Å². The van der Waals surface area contributed by atoms with Crippen LogP contribution in [0.3, 0.4) is 0 Å². The fraction of sp³-hybridized carbons (Fsp3) is 0.500.